The number of carboxylic acids is 2. The van der Waals surface area contributed by atoms with Crippen LogP contribution in [0, 0.1) is 0 Å². The summed E-state index contributed by atoms with van der Waals surface area (Å²) in [6, 6.07) is -1.06. The number of nitrogens with two attached hydrogens (primary N) is 2. The van der Waals surface area contributed by atoms with Crippen LogP contribution in [0.1, 0.15) is 12.8 Å². The van der Waals surface area contributed by atoms with Gasteiger partial charge in [0.15, 0.2) is 0 Å². The summed E-state index contributed by atoms with van der Waals surface area (Å²) >= 11 is 1.90. The van der Waals surface area contributed by atoms with Gasteiger partial charge in [-0.25, -0.2) is 0 Å². The Morgan fingerprint density at radius 3 is 1.87 bits per heavy atom. The first-order valence-corrected chi connectivity index (χ1v) is 5.38. The molecule has 0 aromatic heterocycles. The molecule has 0 saturated carbocycles. The standard InChI is InChI=1S/C5H9NO4.C2H4INO/c6-3(5(9)10)1-2-4(7)8;3-1-2(4)5/h3H,1-2,6H2,(H,7,8)(H,9,10);1H2,(H2,4,5)/t3-;/m0./s1. The van der Waals surface area contributed by atoms with Gasteiger partial charge in [-0.2, -0.15) is 0 Å². The zero-order valence-corrected chi connectivity index (χ0v) is 10.0. The summed E-state index contributed by atoms with van der Waals surface area (Å²) in [7, 11) is 0. The minimum atomic E-state index is -1.17. The van der Waals surface area contributed by atoms with E-state index in [0.29, 0.717) is 4.43 Å². The maximum absolute atomic E-state index is 9.99. The molecule has 0 aliphatic heterocycles. The summed E-state index contributed by atoms with van der Waals surface area (Å²) in [5, 5.41) is 16.3. The summed E-state index contributed by atoms with van der Waals surface area (Å²) in [6.45, 7) is 0. The Morgan fingerprint density at radius 2 is 1.67 bits per heavy atom. The molecule has 0 aromatic carbocycles. The lowest BCUT2D eigenvalue weighted by Gasteiger charge is -2.01. The van der Waals surface area contributed by atoms with Gasteiger partial charge >= 0.3 is 11.9 Å². The number of alkyl halides is 1. The van der Waals surface area contributed by atoms with Crippen molar-refractivity contribution in [2.45, 2.75) is 18.9 Å². The fraction of sp³-hybridized carbons (Fsp3) is 0.571. The monoisotopic (exact) mass is 332 g/mol. The molecule has 0 aliphatic rings. The summed E-state index contributed by atoms with van der Waals surface area (Å²) in [5.74, 6) is -2.46. The normalized spacial score (nSPS) is 10.8. The molecule has 0 spiro atoms. The Morgan fingerprint density at radius 1 is 1.27 bits per heavy atom. The van der Waals surface area contributed by atoms with Crippen LogP contribution < -0.4 is 11.5 Å². The lowest BCUT2D eigenvalue weighted by Crippen LogP contribution is -2.30. The van der Waals surface area contributed by atoms with E-state index in [1.165, 1.54) is 0 Å². The van der Waals surface area contributed by atoms with Crippen molar-refractivity contribution >= 4 is 40.4 Å². The van der Waals surface area contributed by atoms with Crippen molar-refractivity contribution in [2.75, 3.05) is 4.43 Å². The smallest absolute Gasteiger partial charge is 0.320 e. The second kappa shape index (κ2) is 9.65. The molecular weight excluding hydrogens is 319 g/mol. The number of amides is 1. The number of hydrogen-bond acceptors (Lipinski definition) is 4. The molecule has 6 N–H and O–H groups in total. The molecule has 0 unspecified atom stereocenters. The highest BCUT2D eigenvalue weighted by Crippen LogP contribution is 1.93. The highest BCUT2D eigenvalue weighted by atomic mass is 127. The Balaban J connectivity index is 0. The third-order valence-electron chi connectivity index (χ3n) is 1.12. The summed E-state index contributed by atoms with van der Waals surface area (Å²) in [5.41, 5.74) is 9.65. The summed E-state index contributed by atoms with van der Waals surface area (Å²) in [6.07, 6.45) is -0.224. The lowest BCUT2D eigenvalue weighted by atomic mass is 10.2. The van der Waals surface area contributed by atoms with Crippen LogP contribution in [0.15, 0.2) is 0 Å². The van der Waals surface area contributed by atoms with Gasteiger partial charge in [0, 0.05) is 6.42 Å². The number of primary amides is 1. The van der Waals surface area contributed by atoms with Crippen LogP contribution in [0.5, 0.6) is 0 Å². The number of hydrogen-bond donors (Lipinski definition) is 4. The van der Waals surface area contributed by atoms with Crippen LogP contribution in [-0.4, -0.2) is 38.5 Å². The van der Waals surface area contributed by atoms with Gasteiger partial charge in [-0.15, -0.1) is 0 Å². The van der Waals surface area contributed by atoms with E-state index in [-0.39, 0.29) is 18.7 Å². The zero-order valence-electron chi connectivity index (χ0n) is 7.85. The van der Waals surface area contributed by atoms with Crippen molar-refractivity contribution in [3.63, 3.8) is 0 Å². The highest BCUT2D eigenvalue weighted by Gasteiger charge is 2.12. The SMILES string of the molecule is NC(=O)CI.N[C@@H](CCC(=O)O)C(=O)O. The Hall–Kier alpha value is -0.900. The van der Waals surface area contributed by atoms with E-state index in [9.17, 15) is 14.4 Å². The molecule has 0 rings (SSSR count). The van der Waals surface area contributed by atoms with Crippen LogP contribution in [0.25, 0.3) is 0 Å². The third-order valence-corrected chi connectivity index (χ3v) is 1.87. The Bertz CT molecular complexity index is 233. The second-order valence-corrected chi connectivity index (χ2v) is 3.24. The van der Waals surface area contributed by atoms with Gasteiger partial charge in [-0.1, -0.05) is 22.6 Å². The van der Waals surface area contributed by atoms with Crippen molar-refractivity contribution in [1.82, 2.24) is 0 Å². The quantitative estimate of drug-likeness (QED) is 0.382. The average molecular weight is 332 g/mol. The molecular formula is C7H13IN2O5. The van der Waals surface area contributed by atoms with Crippen molar-refractivity contribution in [2.24, 2.45) is 11.5 Å². The minimum Gasteiger partial charge on any atom is -0.481 e. The molecule has 88 valence electrons. The van der Waals surface area contributed by atoms with Crippen LogP contribution in [-0.2, 0) is 14.4 Å². The van der Waals surface area contributed by atoms with Gasteiger partial charge in [-0.05, 0) is 6.42 Å². The molecule has 8 heteroatoms. The van der Waals surface area contributed by atoms with Gasteiger partial charge in [0.05, 0.1) is 4.43 Å². The maximum Gasteiger partial charge on any atom is 0.320 e. The molecule has 1 atom stereocenters. The van der Waals surface area contributed by atoms with Crippen LogP contribution >= 0.6 is 22.6 Å². The van der Waals surface area contributed by atoms with E-state index < -0.39 is 18.0 Å². The summed E-state index contributed by atoms with van der Waals surface area (Å²) in [4.78, 5) is 29.5. The van der Waals surface area contributed by atoms with E-state index in [1.807, 2.05) is 22.6 Å². The van der Waals surface area contributed by atoms with Crippen molar-refractivity contribution in [3.8, 4) is 0 Å². The molecule has 0 fully saturated rings. The largest absolute Gasteiger partial charge is 0.481 e. The second-order valence-electron chi connectivity index (χ2n) is 2.48. The number of carbonyl (C=O) groups is 3. The topological polar surface area (TPSA) is 144 Å². The fourth-order valence-corrected chi connectivity index (χ4v) is 0.402. The highest BCUT2D eigenvalue weighted by molar-refractivity contribution is 14.1. The number of halogens is 1. The number of rotatable bonds is 5. The molecule has 15 heavy (non-hydrogen) atoms. The van der Waals surface area contributed by atoms with E-state index in [1.54, 1.807) is 0 Å². The maximum atomic E-state index is 9.99. The van der Waals surface area contributed by atoms with Gasteiger partial charge in [0.25, 0.3) is 0 Å². The van der Waals surface area contributed by atoms with Gasteiger partial charge in [0.2, 0.25) is 5.91 Å². The predicted molar refractivity (Wildman–Crippen MR) is 60.6 cm³/mol. The van der Waals surface area contributed by atoms with Gasteiger partial charge in [0.1, 0.15) is 6.04 Å². The number of carbonyl (C=O) groups excluding carboxylic acids is 1. The molecule has 0 aromatic rings. The first kappa shape index (κ1) is 16.5. The Labute approximate surface area is 99.9 Å². The van der Waals surface area contributed by atoms with Gasteiger partial charge in [-0.3, -0.25) is 14.4 Å². The lowest BCUT2D eigenvalue weighted by molar-refractivity contribution is -0.139. The average Bonchev–Trinajstić information content (AvgIpc) is 2.14. The number of carboxylic acid groups (broad SMARTS) is 2. The predicted octanol–water partition coefficient (Wildman–Crippen LogP) is -0.830. The molecule has 0 bridgehead atoms. The van der Waals surface area contributed by atoms with E-state index >= 15 is 0 Å². The van der Waals surface area contributed by atoms with Crippen LogP contribution in [0.4, 0.5) is 0 Å². The van der Waals surface area contributed by atoms with Crippen molar-refractivity contribution in [3.05, 3.63) is 0 Å². The van der Waals surface area contributed by atoms with E-state index in [4.69, 9.17) is 15.9 Å². The Kier molecular flexibility index (Phi) is 10.6. The van der Waals surface area contributed by atoms with E-state index in [0.717, 1.165) is 0 Å². The fourth-order valence-electron chi connectivity index (χ4n) is 0.402. The van der Waals surface area contributed by atoms with E-state index in [2.05, 4.69) is 5.73 Å². The van der Waals surface area contributed by atoms with Crippen LogP contribution in [0.2, 0.25) is 0 Å². The molecule has 0 heterocycles. The van der Waals surface area contributed by atoms with Crippen molar-refractivity contribution < 1.29 is 24.6 Å². The molecule has 0 aliphatic carbocycles. The van der Waals surface area contributed by atoms with Gasteiger partial charge < -0.3 is 21.7 Å². The minimum absolute atomic E-state index is 0.0231. The van der Waals surface area contributed by atoms with Crippen molar-refractivity contribution in [1.29, 1.82) is 0 Å². The molecule has 0 radical (unpaired) electrons. The van der Waals surface area contributed by atoms with Crippen LogP contribution in [0.3, 0.4) is 0 Å². The molecule has 7 nitrogen and oxygen atoms in total. The zero-order chi connectivity index (χ0) is 12.4. The summed E-state index contributed by atoms with van der Waals surface area (Å²) < 4.78 is 0.414. The third kappa shape index (κ3) is 15.8. The first-order valence-electron chi connectivity index (χ1n) is 3.85. The first-order chi connectivity index (χ1) is 6.81. The molecule has 0 saturated heterocycles. The molecule has 1 amide bonds. The number of aliphatic carboxylic acids is 2.